The maximum atomic E-state index is 16.6. The second kappa shape index (κ2) is 10.3. The van der Waals surface area contributed by atoms with Crippen LogP contribution in [0.4, 0.5) is 33.6 Å². The highest BCUT2D eigenvalue weighted by atomic mass is 35.5. The van der Waals surface area contributed by atoms with Gasteiger partial charge in [0, 0.05) is 43.5 Å². The van der Waals surface area contributed by atoms with Crippen LogP contribution >= 0.6 is 11.6 Å². The smallest absolute Gasteiger partial charge is 0.418 e. The molecular formula is C29H31ClF5N7O. The van der Waals surface area contributed by atoms with E-state index in [4.69, 9.17) is 27.1 Å². The molecule has 230 valence electrons. The molecule has 4 aliphatic rings. The summed E-state index contributed by atoms with van der Waals surface area (Å²) in [5.74, 6) is -0.903. The molecule has 4 saturated heterocycles. The van der Waals surface area contributed by atoms with Crippen LogP contribution in [-0.2, 0) is 6.18 Å². The zero-order valence-corrected chi connectivity index (χ0v) is 24.2. The van der Waals surface area contributed by atoms with Gasteiger partial charge in [0.25, 0.3) is 0 Å². The number of nitrogens with two attached hydrogens (primary N) is 1. The lowest BCUT2D eigenvalue weighted by molar-refractivity contribution is -0.137. The third-order valence-corrected chi connectivity index (χ3v) is 9.64. The third kappa shape index (κ3) is 4.93. The van der Waals surface area contributed by atoms with Gasteiger partial charge in [-0.3, -0.25) is 4.90 Å². The van der Waals surface area contributed by atoms with Crippen molar-refractivity contribution in [3.05, 3.63) is 34.1 Å². The Morgan fingerprint density at radius 1 is 1.14 bits per heavy atom. The van der Waals surface area contributed by atoms with Gasteiger partial charge >= 0.3 is 12.2 Å². The lowest BCUT2D eigenvalue weighted by atomic mass is 9.95. The fourth-order valence-electron chi connectivity index (χ4n) is 7.54. The van der Waals surface area contributed by atoms with Crippen molar-refractivity contribution in [2.24, 2.45) is 0 Å². The Balaban J connectivity index is 1.38. The van der Waals surface area contributed by atoms with Gasteiger partial charge in [0.2, 0.25) is 0 Å². The number of piperazine rings is 1. The van der Waals surface area contributed by atoms with Crippen LogP contribution in [0.15, 0.2) is 12.1 Å². The summed E-state index contributed by atoms with van der Waals surface area (Å²) in [7, 11) is 0. The number of hydrogen-bond donors (Lipinski definition) is 2. The molecule has 43 heavy (non-hydrogen) atoms. The molecule has 6 heterocycles. The summed E-state index contributed by atoms with van der Waals surface area (Å²) in [4.78, 5) is 17.1. The Morgan fingerprint density at radius 3 is 2.60 bits per heavy atom. The summed E-state index contributed by atoms with van der Waals surface area (Å²) in [5, 5.41) is 3.52. The standard InChI is InChI=1S/C29H31ClF5N7O/c1-14-7-20(36)38-25(22(14)29(33,34)35)21-19(30)8-18-24(23(21)32)39-27(40-26(18)41-11-16-3-4-17(12-41)37-16)43-13-28-5-2-6-42(28)10-15(31)9-28/h7-8,15-17,37H,2-6,9-13H2,1H3,(H2,36,38)/t15-,16?,17?,28-/m1/s1. The van der Waals surface area contributed by atoms with Crippen LogP contribution in [-0.4, -0.2) is 76.4 Å². The van der Waals surface area contributed by atoms with Crippen molar-refractivity contribution in [3.63, 3.8) is 0 Å². The summed E-state index contributed by atoms with van der Waals surface area (Å²) in [6.07, 6.45) is -1.86. The SMILES string of the molecule is Cc1cc(N)nc(-c2c(Cl)cc3c(N4CC5CCC(C4)N5)nc(OC[C@]45CCCN4C[C@H](F)C5)nc3c2F)c1C(F)(F)F. The van der Waals surface area contributed by atoms with E-state index in [1.165, 1.54) is 13.0 Å². The van der Waals surface area contributed by atoms with Crippen molar-refractivity contribution >= 4 is 34.1 Å². The predicted molar refractivity (Wildman–Crippen MR) is 153 cm³/mol. The maximum absolute atomic E-state index is 16.6. The topological polar surface area (TPSA) is 92.4 Å². The fourth-order valence-corrected chi connectivity index (χ4v) is 7.82. The van der Waals surface area contributed by atoms with Crippen molar-refractivity contribution in [3.8, 4) is 17.3 Å². The van der Waals surface area contributed by atoms with E-state index in [9.17, 15) is 17.6 Å². The minimum atomic E-state index is -4.85. The second-order valence-electron chi connectivity index (χ2n) is 12.3. The molecule has 0 spiro atoms. The lowest BCUT2D eigenvalue weighted by Crippen LogP contribution is -2.51. The average Bonchev–Trinajstić information content (AvgIpc) is 3.56. The Bertz CT molecular complexity index is 1590. The number of rotatable bonds is 5. The van der Waals surface area contributed by atoms with Gasteiger partial charge in [0.05, 0.1) is 27.4 Å². The van der Waals surface area contributed by atoms with E-state index >= 15 is 4.39 Å². The quantitative estimate of drug-likeness (QED) is 0.371. The van der Waals surface area contributed by atoms with Crippen LogP contribution in [0.1, 0.15) is 43.2 Å². The van der Waals surface area contributed by atoms with Gasteiger partial charge in [-0.25, -0.2) is 13.8 Å². The van der Waals surface area contributed by atoms with Crippen LogP contribution in [0.5, 0.6) is 6.01 Å². The zero-order chi connectivity index (χ0) is 30.3. The van der Waals surface area contributed by atoms with Crippen molar-refractivity contribution in [2.75, 3.05) is 43.4 Å². The Hall–Kier alpha value is -3.03. The lowest BCUT2D eigenvalue weighted by Gasteiger charge is -2.34. The van der Waals surface area contributed by atoms with Crippen molar-refractivity contribution < 1.29 is 26.7 Å². The molecular weight excluding hydrogens is 593 g/mol. The first-order chi connectivity index (χ1) is 20.4. The molecule has 7 rings (SSSR count). The first kappa shape index (κ1) is 28.7. The van der Waals surface area contributed by atoms with E-state index in [-0.39, 0.29) is 52.0 Å². The van der Waals surface area contributed by atoms with E-state index in [1.807, 2.05) is 4.90 Å². The first-order valence-corrected chi connectivity index (χ1v) is 14.9. The highest BCUT2D eigenvalue weighted by molar-refractivity contribution is 6.34. The van der Waals surface area contributed by atoms with Gasteiger partial charge in [-0.15, -0.1) is 0 Å². The highest BCUT2D eigenvalue weighted by Gasteiger charge is 2.49. The first-order valence-electron chi connectivity index (χ1n) is 14.5. The van der Waals surface area contributed by atoms with Crippen molar-refractivity contribution in [1.29, 1.82) is 0 Å². The molecule has 0 saturated carbocycles. The number of fused-ring (bicyclic) bond motifs is 4. The highest BCUT2D eigenvalue weighted by Crippen LogP contribution is 2.45. The Labute approximate surface area is 249 Å². The number of ether oxygens (including phenoxy) is 1. The summed E-state index contributed by atoms with van der Waals surface area (Å²) in [5.41, 5.74) is 2.47. The molecule has 2 bridgehead atoms. The number of aryl methyl sites for hydroxylation is 1. The molecule has 8 nitrogen and oxygen atoms in total. The van der Waals surface area contributed by atoms with Gasteiger partial charge in [-0.2, -0.15) is 23.1 Å². The molecule has 14 heteroatoms. The number of hydrogen-bond acceptors (Lipinski definition) is 8. The summed E-state index contributed by atoms with van der Waals surface area (Å²) >= 11 is 6.56. The maximum Gasteiger partial charge on any atom is 0.418 e. The molecule has 2 unspecified atom stereocenters. The van der Waals surface area contributed by atoms with Crippen LogP contribution in [0, 0.1) is 12.7 Å². The number of nitrogens with zero attached hydrogens (tertiary/aromatic N) is 5. The van der Waals surface area contributed by atoms with E-state index in [0.717, 1.165) is 38.3 Å². The molecule has 3 aromatic rings. The number of nitrogen functional groups attached to an aromatic ring is 1. The van der Waals surface area contributed by atoms with Gasteiger partial charge in [-0.05, 0) is 56.8 Å². The number of aromatic nitrogens is 3. The van der Waals surface area contributed by atoms with Crippen LogP contribution in [0.2, 0.25) is 5.02 Å². The molecule has 0 amide bonds. The average molecular weight is 624 g/mol. The molecule has 2 aromatic heterocycles. The molecule has 0 radical (unpaired) electrons. The van der Waals surface area contributed by atoms with Gasteiger partial charge in [0.15, 0.2) is 5.82 Å². The third-order valence-electron chi connectivity index (χ3n) is 9.35. The number of alkyl halides is 4. The van der Waals surface area contributed by atoms with E-state index in [1.54, 1.807) is 0 Å². The molecule has 4 atom stereocenters. The summed E-state index contributed by atoms with van der Waals surface area (Å²) in [6, 6.07) is 2.78. The number of nitrogens with one attached hydrogen (secondary N) is 1. The fraction of sp³-hybridized carbons (Fsp3) is 0.552. The van der Waals surface area contributed by atoms with Gasteiger partial charge in [0.1, 0.15) is 29.9 Å². The minimum absolute atomic E-state index is 0.113. The summed E-state index contributed by atoms with van der Waals surface area (Å²) in [6.45, 7) is 3.64. The monoisotopic (exact) mass is 623 g/mol. The van der Waals surface area contributed by atoms with Crippen molar-refractivity contribution in [1.82, 2.24) is 25.2 Å². The number of halogens is 6. The Morgan fingerprint density at radius 2 is 1.88 bits per heavy atom. The number of benzene rings is 1. The molecule has 4 fully saturated rings. The minimum Gasteiger partial charge on any atom is -0.461 e. The predicted octanol–water partition coefficient (Wildman–Crippen LogP) is 5.29. The normalized spacial score (nSPS) is 27.3. The zero-order valence-electron chi connectivity index (χ0n) is 23.4. The van der Waals surface area contributed by atoms with Crippen molar-refractivity contribution in [2.45, 2.75) is 69.0 Å². The van der Waals surface area contributed by atoms with E-state index in [2.05, 4.69) is 20.2 Å². The van der Waals surface area contributed by atoms with Gasteiger partial charge < -0.3 is 20.7 Å². The summed E-state index contributed by atoms with van der Waals surface area (Å²) < 4.78 is 79.7. The Kier molecular flexibility index (Phi) is 6.86. The number of pyridine rings is 1. The molecule has 3 N–H and O–H groups in total. The van der Waals surface area contributed by atoms with Crippen LogP contribution < -0.4 is 20.7 Å². The van der Waals surface area contributed by atoms with Gasteiger partial charge in [-0.1, -0.05) is 11.6 Å². The second-order valence-corrected chi connectivity index (χ2v) is 12.7. The van der Waals surface area contributed by atoms with Crippen LogP contribution in [0.3, 0.4) is 0 Å². The molecule has 0 aliphatic carbocycles. The largest absolute Gasteiger partial charge is 0.461 e. The number of anilines is 2. The van der Waals surface area contributed by atoms with E-state index in [0.29, 0.717) is 31.9 Å². The molecule has 4 aliphatic heterocycles. The van der Waals surface area contributed by atoms with E-state index < -0.39 is 40.5 Å². The molecule has 1 aromatic carbocycles. The van der Waals surface area contributed by atoms with Crippen LogP contribution in [0.25, 0.3) is 22.2 Å².